The summed E-state index contributed by atoms with van der Waals surface area (Å²) in [5, 5.41) is 20.9. The fourth-order valence-corrected chi connectivity index (χ4v) is 3.43. The van der Waals surface area contributed by atoms with E-state index in [1.807, 2.05) is 30.3 Å². The highest BCUT2D eigenvalue weighted by atomic mass is 35.5. The van der Waals surface area contributed by atoms with Gasteiger partial charge in [0.2, 0.25) is 5.88 Å². The zero-order chi connectivity index (χ0) is 23.3. The van der Waals surface area contributed by atoms with E-state index in [1.165, 1.54) is 17.9 Å². The van der Waals surface area contributed by atoms with Crippen LogP contribution < -0.4 is 15.0 Å². The standard InChI is InChI=1S/C24H22ClN3O4/c1-15-19(13-26)23(29)28(11-10-16-4-7-18(31-2)8-5-16)24(30)20(15)14-27-21-12-17(25)6-9-22(21)32-3/h4-9,12,14,30H,10-11H2,1-3H3. The molecule has 0 atom stereocenters. The van der Waals surface area contributed by atoms with Crippen molar-refractivity contribution in [3.63, 3.8) is 0 Å². The average molecular weight is 452 g/mol. The first kappa shape index (κ1) is 22.9. The van der Waals surface area contributed by atoms with Gasteiger partial charge in [0.1, 0.15) is 28.8 Å². The molecule has 1 aromatic heterocycles. The van der Waals surface area contributed by atoms with Crippen molar-refractivity contribution in [3.8, 4) is 23.4 Å². The van der Waals surface area contributed by atoms with E-state index in [4.69, 9.17) is 21.1 Å². The van der Waals surface area contributed by atoms with Crippen LogP contribution in [0.5, 0.6) is 17.4 Å². The van der Waals surface area contributed by atoms with Gasteiger partial charge in [-0.25, -0.2) is 0 Å². The number of nitriles is 1. The van der Waals surface area contributed by atoms with Crippen LogP contribution in [-0.4, -0.2) is 30.1 Å². The molecule has 0 saturated carbocycles. The lowest BCUT2D eigenvalue weighted by Gasteiger charge is -2.14. The molecule has 0 amide bonds. The Labute approximate surface area is 190 Å². The van der Waals surface area contributed by atoms with Crippen molar-refractivity contribution in [2.45, 2.75) is 19.9 Å². The minimum Gasteiger partial charge on any atom is -0.497 e. The van der Waals surface area contributed by atoms with Gasteiger partial charge >= 0.3 is 0 Å². The van der Waals surface area contributed by atoms with Crippen LogP contribution in [0.2, 0.25) is 5.02 Å². The molecule has 1 N–H and O–H groups in total. The molecule has 0 fully saturated rings. The molecule has 0 unspecified atom stereocenters. The third-order valence-corrected chi connectivity index (χ3v) is 5.34. The van der Waals surface area contributed by atoms with Gasteiger partial charge in [-0.2, -0.15) is 5.26 Å². The van der Waals surface area contributed by atoms with E-state index in [0.717, 1.165) is 11.3 Å². The Kier molecular flexibility index (Phi) is 7.18. The number of benzene rings is 2. The number of pyridine rings is 1. The van der Waals surface area contributed by atoms with Crippen molar-refractivity contribution in [3.05, 3.63) is 80.1 Å². The van der Waals surface area contributed by atoms with Crippen LogP contribution in [0.25, 0.3) is 0 Å². The van der Waals surface area contributed by atoms with Crippen LogP contribution in [-0.2, 0) is 13.0 Å². The molecule has 3 rings (SSSR count). The molecule has 2 aromatic carbocycles. The van der Waals surface area contributed by atoms with Gasteiger partial charge in [-0.05, 0) is 54.8 Å². The fourth-order valence-electron chi connectivity index (χ4n) is 3.26. The maximum atomic E-state index is 12.8. The van der Waals surface area contributed by atoms with Crippen molar-refractivity contribution in [2.75, 3.05) is 14.2 Å². The van der Waals surface area contributed by atoms with Gasteiger partial charge in [-0.15, -0.1) is 0 Å². The summed E-state index contributed by atoms with van der Waals surface area (Å²) in [7, 11) is 3.10. The number of rotatable bonds is 7. The van der Waals surface area contributed by atoms with Crippen molar-refractivity contribution in [1.82, 2.24) is 4.57 Å². The van der Waals surface area contributed by atoms with E-state index in [1.54, 1.807) is 32.2 Å². The van der Waals surface area contributed by atoms with Gasteiger partial charge in [0, 0.05) is 17.8 Å². The first-order chi connectivity index (χ1) is 15.4. The second kappa shape index (κ2) is 10.0. The smallest absolute Gasteiger partial charge is 0.271 e. The van der Waals surface area contributed by atoms with E-state index < -0.39 is 5.56 Å². The second-order valence-corrected chi connectivity index (χ2v) is 7.41. The highest BCUT2D eigenvalue weighted by Crippen LogP contribution is 2.31. The molecule has 7 nitrogen and oxygen atoms in total. The van der Waals surface area contributed by atoms with Gasteiger partial charge in [-0.3, -0.25) is 14.4 Å². The Morgan fingerprint density at radius 2 is 1.91 bits per heavy atom. The summed E-state index contributed by atoms with van der Waals surface area (Å²) in [6.07, 6.45) is 1.88. The molecule has 0 aliphatic rings. The van der Waals surface area contributed by atoms with Crippen LogP contribution in [0, 0.1) is 18.3 Å². The lowest BCUT2D eigenvalue weighted by atomic mass is 10.1. The van der Waals surface area contributed by atoms with Crippen molar-refractivity contribution < 1.29 is 14.6 Å². The van der Waals surface area contributed by atoms with E-state index in [2.05, 4.69) is 4.99 Å². The number of hydrogen-bond acceptors (Lipinski definition) is 6. The Morgan fingerprint density at radius 1 is 1.19 bits per heavy atom. The number of ether oxygens (including phenoxy) is 2. The zero-order valence-electron chi connectivity index (χ0n) is 17.9. The molecule has 0 saturated heterocycles. The highest BCUT2D eigenvalue weighted by molar-refractivity contribution is 6.30. The largest absolute Gasteiger partial charge is 0.497 e. The quantitative estimate of drug-likeness (QED) is 0.537. The molecule has 3 aromatic rings. The Hall–Kier alpha value is -3.76. The predicted octanol–water partition coefficient (Wildman–Crippen LogP) is 4.40. The van der Waals surface area contributed by atoms with Crippen LogP contribution in [0.4, 0.5) is 5.69 Å². The van der Waals surface area contributed by atoms with Gasteiger partial charge in [-0.1, -0.05) is 23.7 Å². The summed E-state index contributed by atoms with van der Waals surface area (Å²) in [6.45, 7) is 1.79. The van der Waals surface area contributed by atoms with Crippen molar-refractivity contribution >= 4 is 23.5 Å². The predicted molar refractivity (Wildman–Crippen MR) is 124 cm³/mol. The topological polar surface area (TPSA) is 96.8 Å². The van der Waals surface area contributed by atoms with Gasteiger partial charge in [0.15, 0.2) is 0 Å². The molecular weight excluding hydrogens is 430 g/mol. The third kappa shape index (κ3) is 4.76. The molecule has 164 valence electrons. The van der Waals surface area contributed by atoms with E-state index in [9.17, 15) is 15.2 Å². The summed E-state index contributed by atoms with van der Waals surface area (Å²) >= 11 is 6.06. The van der Waals surface area contributed by atoms with E-state index in [0.29, 0.717) is 28.4 Å². The minimum atomic E-state index is -0.548. The number of aliphatic imine (C=N–C) groups is 1. The maximum absolute atomic E-state index is 12.8. The lowest BCUT2D eigenvalue weighted by molar-refractivity contribution is 0.404. The van der Waals surface area contributed by atoms with E-state index >= 15 is 0 Å². The molecule has 0 bridgehead atoms. The molecule has 1 heterocycles. The number of methoxy groups -OCH3 is 2. The van der Waals surface area contributed by atoms with Crippen LogP contribution >= 0.6 is 11.6 Å². The Balaban J connectivity index is 2.01. The summed E-state index contributed by atoms with van der Waals surface area (Å²) in [6, 6.07) is 14.3. The van der Waals surface area contributed by atoms with E-state index in [-0.39, 0.29) is 23.6 Å². The maximum Gasteiger partial charge on any atom is 0.271 e. The first-order valence-electron chi connectivity index (χ1n) is 9.76. The van der Waals surface area contributed by atoms with Gasteiger partial charge in [0.05, 0.1) is 19.8 Å². The molecule has 0 spiro atoms. The van der Waals surface area contributed by atoms with Crippen LogP contribution in [0.3, 0.4) is 0 Å². The molecule has 0 aliphatic carbocycles. The molecule has 0 aliphatic heterocycles. The summed E-state index contributed by atoms with van der Waals surface area (Å²) in [5.74, 6) is 0.965. The van der Waals surface area contributed by atoms with Gasteiger partial charge in [0.25, 0.3) is 5.56 Å². The summed E-state index contributed by atoms with van der Waals surface area (Å²) in [4.78, 5) is 17.2. The number of aromatic hydroxyl groups is 1. The van der Waals surface area contributed by atoms with Crippen molar-refractivity contribution in [1.29, 1.82) is 5.26 Å². The normalized spacial score (nSPS) is 10.8. The SMILES string of the molecule is COc1ccc(CCn2c(O)c(C=Nc3cc(Cl)ccc3OC)c(C)c(C#N)c2=O)cc1. The molecule has 8 heteroatoms. The molecule has 0 radical (unpaired) electrons. The molecule has 32 heavy (non-hydrogen) atoms. The highest BCUT2D eigenvalue weighted by Gasteiger charge is 2.18. The first-order valence-corrected chi connectivity index (χ1v) is 10.1. The van der Waals surface area contributed by atoms with Crippen LogP contribution in [0.1, 0.15) is 22.3 Å². The Bertz CT molecular complexity index is 1260. The van der Waals surface area contributed by atoms with Gasteiger partial charge < -0.3 is 14.6 Å². The summed E-state index contributed by atoms with van der Waals surface area (Å²) < 4.78 is 11.6. The number of hydrogen-bond donors (Lipinski definition) is 1. The minimum absolute atomic E-state index is 0.0444. The van der Waals surface area contributed by atoms with Crippen LogP contribution in [0.15, 0.2) is 52.3 Å². The lowest BCUT2D eigenvalue weighted by Crippen LogP contribution is -2.26. The number of nitrogens with zero attached hydrogens (tertiary/aromatic N) is 3. The number of aryl methyl sites for hydroxylation is 1. The Morgan fingerprint density at radius 3 is 2.53 bits per heavy atom. The monoisotopic (exact) mass is 451 g/mol. The average Bonchev–Trinajstić information content (AvgIpc) is 2.79. The number of halogens is 1. The zero-order valence-corrected chi connectivity index (χ0v) is 18.7. The second-order valence-electron chi connectivity index (χ2n) is 6.98. The van der Waals surface area contributed by atoms with Crippen molar-refractivity contribution in [2.24, 2.45) is 4.99 Å². The number of aromatic nitrogens is 1. The molecular formula is C24H22ClN3O4. The fraction of sp³-hybridized carbons (Fsp3) is 0.208. The third-order valence-electron chi connectivity index (χ3n) is 5.10. The summed E-state index contributed by atoms with van der Waals surface area (Å²) in [5.41, 5.74) is 1.44.